The van der Waals surface area contributed by atoms with E-state index in [1.165, 1.54) is 64.2 Å². The third-order valence-corrected chi connectivity index (χ3v) is 13.1. The predicted octanol–water partition coefficient (Wildman–Crippen LogP) is 14.8. The van der Waals surface area contributed by atoms with Crippen molar-refractivity contribution in [3.63, 3.8) is 0 Å². The number of allylic oxidation sites excluding steroid dienone is 10. The number of carboxylic acids is 1. The van der Waals surface area contributed by atoms with Gasteiger partial charge in [0.15, 0.2) is 24.6 Å². The lowest BCUT2D eigenvalue weighted by Crippen LogP contribution is -2.61. The zero-order valence-electron chi connectivity index (χ0n) is 46.1. The van der Waals surface area contributed by atoms with Gasteiger partial charge < -0.3 is 39.0 Å². The molecule has 12 nitrogen and oxygen atoms in total. The summed E-state index contributed by atoms with van der Waals surface area (Å²) in [4.78, 5) is 51.0. The minimum absolute atomic E-state index is 0.0595. The molecule has 6 atom stereocenters. The quantitative estimate of drug-likeness (QED) is 0.0228. The topological polar surface area (TPSA) is 175 Å². The molecule has 1 rings (SSSR count). The van der Waals surface area contributed by atoms with Crippen LogP contribution in [0.25, 0.3) is 0 Å². The average molecular weight is 1030 g/mol. The van der Waals surface area contributed by atoms with E-state index in [1.54, 1.807) is 0 Å². The molecule has 0 aromatic rings. The van der Waals surface area contributed by atoms with Crippen LogP contribution >= 0.6 is 0 Å². The minimum atomic E-state index is -1.90. The van der Waals surface area contributed by atoms with Crippen LogP contribution in [-0.2, 0) is 42.9 Å². The Morgan fingerprint density at radius 3 is 1.34 bits per heavy atom. The van der Waals surface area contributed by atoms with Gasteiger partial charge in [0, 0.05) is 19.3 Å². The van der Waals surface area contributed by atoms with Crippen molar-refractivity contribution in [2.45, 2.75) is 289 Å². The molecule has 73 heavy (non-hydrogen) atoms. The van der Waals surface area contributed by atoms with E-state index in [0.717, 1.165) is 128 Å². The Balaban J connectivity index is 2.70. The zero-order valence-corrected chi connectivity index (χ0v) is 46.1. The number of ether oxygens (including phenoxy) is 5. The van der Waals surface area contributed by atoms with Gasteiger partial charge in [-0.1, -0.05) is 210 Å². The molecule has 0 amide bonds. The molecule has 1 fully saturated rings. The first kappa shape index (κ1) is 67.4. The van der Waals surface area contributed by atoms with Crippen LogP contribution in [0.5, 0.6) is 0 Å². The van der Waals surface area contributed by atoms with Crippen LogP contribution in [0.1, 0.15) is 252 Å². The molecule has 1 heterocycles. The van der Waals surface area contributed by atoms with E-state index in [0.29, 0.717) is 19.3 Å². The SMILES string of the molecule is CC/C=C\C/C=C\C/C=C\CCCCCCCCCC(=O)OCC(COC1OC(C(=O)O)C(O)C(O)C1OC(=O)CCCCCCCCCCCCC)OC(=O)CCCCCCC/C=C\C/C=C\CCCCC. The second-order valence-corrected chi connectivity index (χ2v) is 19.9. The summed E-state index contributed by atoms with van der Waals surface area (Å²) < 4.78 is 28.4. The number of rotatable bonds is 49. The highest BCUT2D eigenvalue weighted by Crippen LogP contribution is 2.26. The van der Waals surface area contributed by atoms with E-state index in [1.807, 2.05) is 0 Å². The molecule has 0 bridgehead atoms. The molecule has 1 saturated heterocycles. The van der Waals surface area contributed by atoms with Gasteiger partial charge in [-0.05, 0) is 83.5 Å². The summed E-state index contributed by atoms with van der Waals surface area (Å²) in [5.74, 6) is -3.14. The third kappa shape index (κ3) is 39.5. The molecule has 12 heteroatoms. The van der Waals surface area contributed by atoms with Gasteiger partial charge in [0.2, 0.25) is 0 Å². The highest BCUT2D eigenvalue weighted by molar-refractivity contribution is 5.74. The molecule has 420 valence electrons. The number of aliphatic hydroxyl groups excluding tert-OH is 2. The average Bonchev–Trinajstić information content (AvgIpc) is 3.37. The van der Waals surface area contributed by atoms with Gasteiger partial charge in [0.25, 0.3) is 0 Å². The first-order valence-electron chi connectivity index (χ1n) is 29.3. The summed E-state index contributed by atoms with van der Waals surface area (Å²) in [6.45, 7) is 5.83. The Bertz CT molecular complexity index is 1500. The fourth-order valence-corrected chi connectivity index (χ4v) is 8.59. The lowest BCUT2D eigenvalue weighted by Gasteiger charge is -2.40. The van der Waals surface area contributed by atoms with Gasteiger partial charge in [0.1, 0.15) is 18.8 Å². The van der Waals surface area contributed by atoms with E-state index in [4.69, 9.17) is 23.7 Å². The fraction of sp³-hybridized carbons (Fsp3) is 0.770. The van der Waals surface area contributed by atoms with Crippen molar-refractivity contribution < 1.29 is 58.2 Å². The van der Waals surface area contributed by atoms with Crippen LogP contribution in [-0.4, -0.2) is 89.2 Å². The molecular formula is C61H104O12. The van der Waals surface area contributed by atoms with Gasteiger partial charge in [-0.3, -0.25) is 14.4 Å². The molecular weight excluding hydrogens is 925 g/mol. The second kappa shape index (κ2) is 49.3. The predicted molar refractivity (Wildman–Crippen MR) is 294 cm³/mol. The molecule has 0 aliphatic carbocycles. The number of carboxylic acid groups (broad SMARTS) is 1. The first-order chi connectivity index (χ1) is 35.6. The van der Waals surface area contributed by atoms with E-state index < -0.39 is 67.3 Å². The van der Waals surface area contributed by atoms with Crippen molar-refractivity contribution in [2.75, 3.05) is 13.2 Å². The maximum absolute atomic E-state index is 13.1. The highest BCUT2D eigenvalue weighted by Gasteiger charge is 2.50. The number of hydrogen-bond donors (Lipinski definition) is 3. The van der Waals surface area contributed by atoms with Crippen molar-refractivity contribution in [2.24, 2.45) is 0 Å². The lowest BCUT2D eigenvalue weighted by atomic mass is 9.98. The van der Waals surface area contributed by atoms with Crippen LogP contribution in [0.4, 0.5) is 0 Å². The summed E-state index contributed by atoms with van der Waals surface area (Å²) >= 11 is 0. The standard InChI is InChI=1S/C61H104O12/c1-4-7-10-13-16-19-22-24-26-27-29-30-33-35-38-41-44-47-53(62)69-50-52(71-54(63)48-45-42-39-37-34-31-28-25-23-20-17-14-11-8-5-2)51-70-61-59(57(66)56(65)58(73-61)60(67)68)72-55(64)49-46-43-40-36-32-21-18-15-12-9-6-3/h7,10,16-17,19-20,24-26,28,52,56-59,61,65-66H,4-6,8-9,11-15,18,21-23,27,29-51H2,1-3H3,(H,67,68)/b10-7-,19-16-,20-17-,26-24-,28-25-. The van der Waals surface area contributed by atoms with Gasteiger partial charge >= 0.3 is 23.9 Å². The molecule has 1 aliphatic heterocycles. The molecule has 3 N–H and O–H groups in total. The Hall–Kier alpha value is -3.58. The maximum atomic E-state index is 13.1. The van der Waals surface area contributed by atoms with Crippen LogP contribution in [0, 0.1) is 0 Å². The van der Waals surface area contributed by atoms with Crippen molar-refractivity contribution in [3.05, 3.63) is 60.8 Å². The van der Waals surface area contributed by atoms with Crippen molar-refractivity contribution >= 4 is 23.9 Å². The van der Waals surface area contributed by atoms with Crippen LogP contribution < -0.4 is 0 Å². The third-order valence-electron chi connectivity index (χ3n) is 13.1. The van der Waals surface area contributed by atoms with Gasteiger partial charge in [-0.2, -0.15) is 0 Å². The summed E-state index contributed by atoms with van der Waals surface area (Å²) in [5, 5.41) is 31.4. The summed E-state index contributed by atoms with van der Waals surface area (Å²) in [6.07, 6.45) is 47.6. The van der Waals surface area contributed by atoms with E-state index >= 15 is 0 Å². The number of aliphatic hydroxyl groups is 2. The Labute approximate surface area is 443 Å². The number of carbonyl (C=O) groups excluding carboxylic acids is 3. The first-order valence-corrected chi connectivity index (χ1v) is 29.3. The Kier molecular flexibility index (Phi) is 45.5. The molecule has 0 radical (unpaired) electrons. The van der Waals surface area contributed by atoms with Crippen LogP contribution in [0.2, 0.25) is 0 Å². The van der Waals surface area contributed by atoms with Crippen molar-refractivity contribution in [1.82, 2.24) is 0 Å². The monoisotopic (exact) mass is 1030 g/mol. The molecule has 1 aliphatic rings. The van der Waals surface area contributed by atoms with E-state index in [9.17, 15) is 34.5 Å². The van der Waals surface area contributed by atoms with Gasteiger partial charge in [0.05, 0.1) is 6.61 Å². The number of aliphatic carboxylic acids is 1. The summed E-state index contributed by atoms with van der Waals surface area (Å²) in [5.41, 5.74) is 0. The zero-order chi connectivity index (χ0) is 53.3. The van der Waals surface area contributed by atoms with E-state index in [-0.39, 0.29) is 25.9 Å². The smallest absolute Gasteiger partial charge is 0.335 e. The van der Waals surface area contributed by atoms with Crippen molar-refractivity contribution in [1.29, 1.82) is 0 Å². The lowest BCUT2D eigenvalue weighted by molar-refractivity contribution is -0.301. The number of hydrogen-bond acceptors (Lipinski definition) is 11. The molecule has 0 aromatic heterocycles. The minimum Gasteiger partial charge on any atom is -0.479 e. The Morgan fingerprint density at radius 1 is 0.466 bits per heavy atom. The Morgan fingerprint density at radius 2 is 0.863 bits per heavy atom. The maximum Gasteiger partial charge on any atom is 0.335 e. The highest BCUT2D eigenvalue weighted by atomic mass is 16.7. The molecule has 0 saturated carbocycles. The molecule has 6 unspecified atom stereocenters. The van der Waals surface area contributed by atoms with Gasteiger partial charge in [-0.25, -0.2) is 4.79 Å². The fourth-order valence-electron chi connectivity index (χ4n) is 8.59. The van der Waals surface area contributed by atoms with Gasteiger partial charge in [-0.15, -0.1) is 0 Å². The molecule has 0 aromatic carbocycles. The van der Waals surface area contributed by atoms with E-state index in [2.05, 4.69) is 81.5 Å². The number of unbranched alkanes of at least 4 members (excludes halogenated alkanes) is 25. The van der Waals surface area contributed by atoms with Crippen LogP contribution in [0.15, 0.2) is 60.8 Å². The normalized spacial score (nSPS) is 18.7. The summed E-state index contributed by atoms with van der Waals surface area (Å²) in [7, 11) is 0. The number of carbonyl (C=O) groups is 4. The summed E-state index contributed by atoms with van der Waals surface area (Å²) in [6, 6.07) is 0. The van der Waals surface area contributed by atoms with Crippen molar-refractivity contribution in [3.8, 4) is 0 Å². The second-order valence-electron chi connectivity index (χ2n) is 19.9. The molecule has 0 spiro atoms. The largest absolute Gasteiger partial charge is 0.479 e. The number of esters is 3. The van der Waals surface area contributed by atoms with Crippen LogP contribution in [0.3, 0.4) is 0 Å².